The van der Waals surface area contributed by atoms with Crippen LogP contribution >= 0.6 is 0 Å². The fourth-order valence-corrected chi connectivity index (χ4v) is 1.22. The molecule has 1 rings (SSSR count). The summed E-state index contributed by atoms with van der Waals surface area (Å²) in [4.78, 5) is 11.5. The minimum atomic E-state index is -0.441. The fraction of sp³-hybridized carbons (Fsp3) is 0.538. The molecule has 1 aromatic rings. The van der Waals surface area contributed by atoms with Crippen molar-refractivity contribution < 1.29 is 14.1 Å². The van der Waals surface area contributed by atoms with E-state index >= 15 is 0 Å². The summed E-state index contributed by atoms with van der Waals surface area (Å²) in [7, 11) is 0. The van der Waals surface area contributed by atoms with E-state index in [2.05, 4.69) is 25.9 Å². The average Bonchev–Trinajstić information content (AvgIpc) is 2.56. The molecule has 0 bridgehead atoms. The van der Waals surface area contributed by atoms with Gasteiger partial charge in [-0.1, -0.05) is 32.0 Å². The Morgan fingerprint density at radius 2 is 2.12 bits per heavy atom. The maximum atomic E-state index is 11.5. The van der Waals surface area contributed by atoms with E-state index in [9.17, 15) is 4.79 Å². The van der Waals surface area contributed by atoms with Crippen LogP contribution in [0.15, 0.2) is 10.6 Å². The first-order valence-corrected chi connectivity index (χ1v) is 5.68. The highest BCUT2D eigenvalue weighted by molar-refractivity contribution is 5.89. The van der Waals surface area contributed by atoms with Gasteiger partial charge in [-0.15, -0.1) is 0 Å². The fourth-order valence-electron chi connectivity index (χ4n) is 1.22. The number of carbonyl (C=O) groups excluding carboxylic acids is 1. The predicted octanol–water partition coefficient (Wildman–Crippen LogP) is 3.22. The first-order chi connectivity index (χ1) is 7.85. The van der Waals surface area contributed by atoms with Gasteiger partial charge in [-0.25, -0.2) is 4.79 Å². The number of hydrogen-bond donors (Lipinski definition) is 0. The summed E-state index contributed by atoms with van der Waals surface area (Å²) in [6.45, 7) is 10.1. The minimum Gasteiger partial charge on any atom is -0.461 e. The van der Waals surface area contributed by atoms with Crippen LogP contribution in [0.1, 0.15) is 49.5 Å². The molecule has 0 unspecified atom stereocenters. The quantitative estimate of drug-likeness (QED) is 0.757. The van der Waals surface area contributed by atoms with Crippen LogP contribution in [0.3, 0.4) is 0 Å². The summed E-state index contributed by atoms with van der Waals surface area (Å²) in [5, 5.41) is 3.73. The van der Waals surface area contributed by atoms with Gasteiger partial charge in [0.1, 0.15) is 0 Å². The number of rotatable bonds is 3. The van der Waals surface area contributed by atoms with Crippen molar-refractivity contribution in [2.45, 2.75) is 34.6 Å². The minimum absolute atomic E-state index is 0.0588. The normalized spacial score (nSPS) is 12.1. The lowest BCUT2D eigenvalue weighted by Crippen LogP contribution is -2.06. The highest BCUT2D eigenvalue weighted by Crippen LogP contribution is 2.20. The van der Waals surface area contributed by atoms with Gasteiger partial charge in [0.05, 0.1) is 6.61 Å². The van der Waals surface area contributed by atoms with E-state index in [1.807, 2.05) is 12.2 Å². The molecule has 0 radical (unpaired) electrons. The van der Waals surface area contributed by atoms with Crippen molar-refractivity contribution in [2.24, 2.45) is 5.41 Å². The van der Waals surface area contributed by atoms with Crippen molar-refractivity contribution in [1.82, 2.24) is 5.16 Å². The summed E-state index contributed by atoms with van der Waals surface area (Å²) in [5.41, 5.74) is 1.02. The molecule has 0 fully saturated rings. The maximum Gasteiger partial charge on any atom is 0.360 e. The Hall–Kier alpha value is -1.58. The summed E-state index contributed by atoms with van der Waals surface area (Å²) < 4.78 is 10.0. The van der Waals surface area contributed by atoms with E-state index in [-0.39, 0.29) is 11.1 Å². The molecule has 4 heteroatoms. The number of nitrogens with zero attached hydrogens (tertiary/aromatic N) is 1. The Bertz CT molecular complexity index is 424. The number of ether oxygens (including phenoxy) is 1. The first-order valence-electron chi connectivity index (χ1n) is 5.68. The van der Waals surface area contributed by atoms with Crippen molar-refractivity contribution >= 4 is 12.0 Å². The molecule has 1 heterocycles. The number of carbonyl (C=O) groups is 1. The van der Waals surface area contributed by atoms with Gasteiger partial charge in [0.2, 0.25) is 0 Å². The predicted molar refractivity (Wildman–Crippen MR) is 65.7 cm³/mol. The molecule has 0 N–H and O–H groups in total. The monoisotopic (exact) mass is 237 g/mol. The second-order valence-electron chi connectivity index (χ2n) is 4.94. The largest absolute Gasteiger partial charge is 0.461 e. The smallest absolute Gasteiger partial charge is 0.360 e. The molecule has 0 saturated heterocycles. The molecular weight excluding hydrogens is 218 g/mol. The van der Waals surface area contributed by atoms with E-state index in [4.69, 9.17) is 9.26 Å². The van der Waals surface area contributed by atoms with Crippen LogP contribution in [0.5, 0.6) is 0 Å². The molecule has 0 aromatic carbocycles. The Morgan fingerprint density at radius 1 is 1.47 bits per heavy atom. The van der Waals surface area contributed by atoms with Crippen molar-refractivity contribution in [3.05, 3.63) is 23.1 Å². The van der Waals surface area contributed by atoms with Crippen molar-refractivity contribution in [3.63, 3.8) is 0 Å². The Kier molecular flexibility index (Phi) is 4.10. The zero-order valence-corrected chi connectivity index (χ0v) is 11.0. The van der Waals surface area contributed by atoms with Gasteiger partial charge in [-0.3, -0.25) is 0 Å². The standard InChI is InChI=1S/C13H19NO3/c1-6-16-12(15)11-9(2)10(17-14-11)7-8-13(3,4)5/h7-8H,6H2,1-5H3/b8-7+. The lowest BCUT2D eigenvalue weighted by molar-refractivity contribution is 0.0514. The third-order valence-electron chi connectivity index (χ3n) is 2.16. The van der Waals surface area contributed by atoms with Crippen LogP contribution in [-0.2, 0) is 4.74 Å². The van der Waals surface area contributed by atoms with Crippen LogP contribution < -0.4 is 0 Å². The molecule has 0 saturated carbocycles. The van der Waals surface area contributed by atoms with E-state index in [0.29, 0.717) is 17.9 Å². The molecule has 0 spiro atoms. The number of allylic oxidation sites excluding steroid dienone is 1. The number of esters is 1. The zero-order valence-electron chi connectivity index (χ0n) is 11.0. The van der Waals surface area contributed by atoms with Gasteiger partial charge in [0, 0.05) is 5.56 Å². The third kappa shape index (κ3) is 3.73. The van der Waals surface area contributed by atoms with Gasteiger partial charge in [0.25, 0.3) is 0 Å². The van der Waals surface area contributed by atoms with Crippen LogP contribution in [-0.4, -0.2) is 17.7 Å². The topological polar surface area (TPSA) is 52.3 Å². The van der Waals surface area contributed by atoms with E-state index < -0.39 is 5.97 Å². The third-order valence-corrected chi connectivity index (χ3v) is 2.16. The van der Waals surface area contributed by atoms with Crippen LogP contribution in [0.2, 0.25) is 0 Å². The Morgan fingerprint density at radius 3 is 2.65 bits per heavy atom. The number of hydrogen-bond acceptors (Lipinski definition) is 4. The highest BCUT2D eigenvalue weighted by Gasteiger charge is 2.18. The maximum absolute atomic E-state index is 11.5. The van der Waals surface area contributed by atoms with Crippen LogP contribution in [0.25, 0.3) is 6.08 Å². The molecule has 0 aliphatic carbocycles. The van der Waals surface area contributed by atoms with Gasteiger partial charge in [-0.2, -0.15) is 0 Å². The molecule has 4 nitrogen and oxygen atoms in total. The van der Waals surface area contributed by atoms with Gasteiger partial charge in [0.15, 0.2) is 11.5 Å². The van der Waals surface area contributed by atoms with E-state index in [1.54, 1.807) is 13.8 Å². The van der Waals surface area contributed by atoms with E-state index in [1.165, 1.54) is 0 Å². The molecular formula is C13H19NO3. The number of aromatic nitrogens is 1. The SMILES string of the molecule is CCOC(=O)c1noc(/C=C/C(C)(C)C)c1C. The second kappa shape index (κ2) is 5.17. The first kappa shape index (κ1) is 13.5. The average molecular weight is 237 g/mol. The van der Waals surface area contributed by atoms with Crippen LogP contribution in [0, 0.1) is 12.3 Å². The Balaban J connectivity index is 2.92. The van der Waals surface area contributed by atoms with Crippen molar-refractivity contribution in [1.29, 1.82) is 0 Å². The van der Waals surface area contributed by atoms with Gasteiger partial charge >= 0.3 is 5.97 Å². The van der Waals surface area contributed by atoms with E-state index in [0.717, 1.165) is 0 Å². The van der Waals surface area contributed by atoms with Gasteiger partial charge < -0.3 is 9.26 Å². The van der Waals surface area contributed by atoms with Crippen LogP contribution in [0.4, 0.5) is 0 Å². The highest BCUT2D eigenvalue weighted by atomic mass is 16.5. The summed E-state index contributed by atoms with van der Waals surface area (Å²) in [6, 6.07) is 0. The molecule has 17 heavy (non-hydrogen) atoms. The molecule has 94 valence electrons. The second-order valence-corrected chi connectivity index (χ2v) is 4.94. The molecule has 1 aromatic heterocycles. The van der Waals surface area contributed by atoms with Crippen molar-refractivity contribution in [2.75, 3.05) is 6.61 Å². The molecule has 0 aliphatic heterocycles. The summed E-state index contributed by atoms with van der Waals surface area (Å²) >= 11 is 0. The Labute approximate surface area is 102 Å². The lowest BCUT2D eigenvalue weighted by atomic mass is 9.96. The summed E-state index contributed by atoms with van der Waals surface area (Å²) in [5.74, 6) is 0.159. The molecule has 0 atom stereocenters. The zero-order chi connectivity index (χ0) is 13.1. The van der Waals surface area contributed by atoms with Gasteiger partial charge in [-0.05, 0) is 25.3 Å². The molecule has 0 amide bonds. The molecule has 0 aliphatic rings. The lowest BCUT2D eigenvalue weighted by Gasteiger charge is -2.10. The summed E-state index contributed by atoms with van der Waals surface area (Å²) in [6.07, 6.45) is 3.85. The van der Waals surface area contributed by atoms with Crippen molar-refractivity contribution in [3.8, 4) is 0 Å².